The zero-order valence-electron chi connectivity index (χ0n) is 8.64. The van der Waals surface area contributed by atoms with Gasteiger partial charge in [0.2, 0.25) is 0 Å². The van der Waals surface area contributed by atoms with Gasteiger partial charge in [-0.25, -0.2) is 0 Å². The first kappa shape index (κ1) is 11.8. The van der Waals surface area contributed by atoms with Crippen molar-refractivity contribution in [1.29, 1.82) is 0 Å². The Morgan fingerprint density at radius 2 is 1.80 bits per heavy atom. The molecule has 0 unspecified atom stereocenters. The predicted octanol–water partition coefficient (Wildman–Crippen LogP) is 1.26. The van der Waals surface area contributed by atoms with Crippen LogP contribution in [0, 0.1) is 6.92 Å². The number of ether oxygens (including phenoxy) is 2. The fourth-order valence-corrected chi connectivity index (χ4v) is 2.17. The molecule has 1 aromatic rings. The van der Waals surface area contributed by atoms with Gasteiger partial charge in [0, 0.05) is 6.07 Å². The van der Waals surface area contributed by atoms with Gasteiger partial charge in [0.05, 0.1) is 14.2 Å². The molecule has 84 valence electrons. The van der Waals surface area contributed by atoms with Gasteiger partial charge >= 0.3 is 0 Å². The number of hydrogen-bond acceptors (Lipinski definition) is 4. The van der Waals surface area contributed by atoms with Gasteiger partial charge in [-0.2, -0.15) is 8.42 Å². The van der Waals surface area contributed by atoms with Gasteiger partial charge < -0.3 is 9.47 Å². The molecule has 6 heteroatoms. The summed E-state index contributed by atoms with van der Waals surface area (Å²) in [5, 5.41) is 0. The van der Waals surface area contributed by atoms with Gasteiger partial charge in [-0.3, -0.25) is 4.55 Å². The molecule has 0 heterocycles. The summed E-state index contributed by atoms with van der Waals surface area (Å²) in [4.78, 5) is -0.231. The molecule has 1 N–H and O–H groups in total. The minimum atomic E-state index is -4.28. The molecule has 0 saturated carbocycles. The highest BCUT2D eigenvalue weighted by molar-refractivity contribution is 7.86. The highest BCUT2D eigenvalue weighted by Gasteiger charge is 2.20. The van der Waals surface area contributed by atoms with Crippen LogP contribution in [0.3, 0.4) is 0 Å². The standard InChI is InChI=1S/C9H12O5S/c1-6-4-7(13-2)5-8(14-3)9(6)15(10,11)12/h4-5H,1-3H3,(H,10,11,12). The number of hydrogen-bond donors (Lipinski definition) is 1. The summed E-state index contributed by atoms with van der Waals surface area (Å²) in [6.07, 6.45) is 0. The van der Waals surface area contributed by atoms with Crippen molar-refractivity contribution in [2.45, 2.75) is 11.8 Å². The summed E-state index contributed by atoms with van der Waals surface area (Å²) in [7, 11) is -1.50. The number of benzene rings is 1. The van der Waals surface area contributed by atoms with Crippen molar-refractivity contribution in [2.75, 3.05) is 14.2 Å². The maximum Gasteiger partial charge on any atom is 0.298 e. The van der Waals surface area contributed by atoms with Crippen molar-refractivity contribution >= 4 is 10.1 Å². The average Bonchev–Trinajstić information content (AvgIpc) is 2.14. The summed E-state index contributed by atoms with van der Waals surface area (Å²) in [5.41, 5.74) is 0.369. The van der Waals surface area contributed by atoms with Crippen LogP contribution < -0.4 is 9.47 Å². The normalized spacial score (nSPS) is 11.2. The van der Waals surface area contributed by atoms with E-state index in [1.807, 2.05) is 0 Å². The van der Waals surface area contributed by atoms with Crippen LogP contribution in [0.5, 0.6) is 11.5 Å². The molecule has 1 rings (SSSR count). The van der Waals surface area contributed by atoms with Gasteiger partial charge in [-0.1, -0.05) is 0 Å². The minimum Gasteiger partial charge on any atom is -0.497 e. The summed E-state index contributed by atoms with van der Waals surface area (Å²) < 4.78 is 41.0. The smallest absolute Gasteiger partial charge is 0.298 e. The second-order valence-corrected chi connectivity index (χ2v) is 4.31. The lowest BCUT2D eigenvalue weighted by atomic mass is 10.2. The van der Waals surface area contributed by atoms with Gasteiger partial charge in [0.1, 0.15) is 16.4 Å². The second-order valence-electron chi connectivity index (χ2n) is 2.95. The van der Waals surface area contributed by atoms with E-state index in [9.17, 15) is 8.42 Å². The lowest BCUT2D eigenvalue weighted by molar-refractivity contribution is 0.382. The second kappa shape index (κ2) is 4.08. The Balaban J connectivity index is 3.52. The first-order chi connectivity index (χ1) is 6.90. The van der Waals surface area contributed by atoms with Crippen molar-refractivity contribution < 1.29 is 22.4 Å². The van der Waals surface area contributed by atoms with Crippen LogP contribution in [-0.4, -0.2) is 27.2 Å². The Bertz CT molecular complexity index is 464. The monoisotopic (exact) mass is 232 g/mol. The molecular formula is C9H12O5S. The molecule has 0 spiro atoms. The van der Waals surface area contributed by atoms with Crippen molar-refractivity contribution in [3.05, 3.63) is 17.7 Å². The molecule has 5 nitrogen and oxygen atoms in total. The lowest BCUT2D eigenvalue weighted by Gasteiger charge is -2.10. The van der Waals surface area contributed by atoms with E-state index < -0.39 is 10.1 Å². The van der Waals surface area contributed by atoms with Crippen LogP contribution in [-0.2, 0) is 10.1 Å². The fraction of sp³-hybridized carbons (Fsp3) is 0.333. The quantitative estimate of drug-likeness (QED) is 0.794. The molecule has 0 atom stereocenters. The Morgan fingerprint density at radius 3 is 2.20 bits per heavy atom. The van der Waals surface area contributed by atoms with Gasteiger partial charge in [-0.15, -0.1) is 0 Å². The maximum atomic E-state index is 11.1. The van der Waals surface area contributed by atoms with E-state index in [1.165, 1.54) is 26.4 Å². The Hall–Kier alpha value is -1.27. The van der Waals surface area contributed by atoms with Crippen molar-refractivity contribution in [1.82, 2.24) is 0 Å². The van der Waals surface area contributed by atoms with Crippen LogP contribution in [0.4, 0.5) is 0 Å². The number of rotatable bonds is 3. The molecule has 1 aromatic carbocycles. The molecule has 0 amide bonds. The first-order valence-corrected chi connectivity index (χ1v) is 5.54. The van der Waals surface area contributed by atoms with E-state index in [0.717, 1.165) is 0 Å². The van der Waals surface area contributed by atoms with Crippen LogP contribution in [0.25, 0.3) is 0 Å². The molecule has 0 bridgehead atoms. The summed E-state index contributed by atoms with van der Waals surface area (Å²) in [6, 6.07) is 2.90. The molecule has 0 fully saturated rings. The topological polar surface area (TPSA) is 72.8 Å². The Labute approximate surface area is 88.4 Å². The molecule has 0 aliphatic carbocycles. The Kier molecular flexibility index (Phi) is 3.21. The third-order valence-electron chi connectivity index (χ3n) is 1.93. The molecular weight excluding hydrogens is 220 g/mol. The van der Waals surface area contributed by atoms with Crippen molar-refractivity contribution in [3.63, 3.8) is 0 Å². The van der Waals surface area contributed by atoms with Crippen LogP contribution in [0.1, 0.15) is 5.56 Å². The van der Waals surface area contributed by atoms with E-state index in [0.29, 0.717) is 11.3 Å². The molecule has 15 heavy (non-hydrogen) atoms. The van der Waals surface area contributed by atoms with E-state index in [2.05, 4.69) is 0 Å². The highest BCUT2D eigenvalue weighted by atomic mass is 32.2. The van der Waals surface area contributed by atoms with Crippen LogP contribution >= 0.6 is 0 Å². The molecule has 0 aromatic heterocycles. The molecule has 0 aliphatic heterocycles. The Morgan fingerprint density at radius 1 is 1.20 bits per heavy atom. The molecule has 0 radical (unpaired) electrons. The van der Waals surface area contributed by atoms with Crippen LogP contribution in [0.15, 0.2) is 17.0 Å². The predicted molar refractivity (Wildman–Crippen MR) is 54.1 cm³/mol. The average molecular weight is 232 g/mol. The van der Waals surface area contributed by atoms with E-state index in [-0.39, 0.29) is 10.6 Å². The molecule has 0 saturated heterocycles. The number of aryl methyl sites for hydroxylation is 1. The zero-order chi connectivity index (χ0) is 11.6. The van der Waals surface area contributed by atoms with E-state index >= 15 is 0 Å². The SMILES string of the molecule is COc1cc(C)c(S(=O)(=O)O)c(OC)c1. The van der Waals surface area contributed by atoms with Gasteiger partial charge in [0.25, 0.3) is 10.1 Å². The summed E-state index contributed by atoms with van der Waals surface area (Å²) >= 11 is 0. The van der Waals surface area contributed by atoms with Crippen LogP contribution in [0.2, 0.25) is 0 Å². The zero-order valence-corrected chi connectivity index (χ0v) is 9.46. The molecule has 0 aliphatic rings. The van der Waals surface area contributed by atoms with Gasteiger partial charge in [-0.05, 0) is 18.6 Å². The fourth-order valence-electron chi connectivity index (χ4n) is 1.31. The first-order valence-electron chi connectivity index (χ1n) is 4.10. The van der Waals surface area contributed by atoms with E-state index in [4.69, 9.17) is 14.0 Å². The minimum absolute atomic E-state index is 0.0642. The third-order valence-corrected chi connectivity index (χ3v) is 2.97. The third kappa shape index (κ3) is 2.40. The largest absolute Gasteiger partial charge is 0.497 e. The van der Waals surface area contributed by atoms with Crippen molar-refractivity contribution in [2.24, 2.45) is 0 Å². The number of methoxy groups -OCH3 is 2. The van der Waals surface area contributed by atoms with Crippen molar-refractivity contribution in [3.8, 4) is 11.5 Å². The maximum absolute atomic E-state index is 11.1. The van der Waals surface area contributed by atoms with Gasteiger partial charge in [0.15, 0.2) is 0 Å². The highest BCUT2D eigenvalue weighted by Crippen LogP contribution is 2.31. The van der Waals surface area contributed by atoms with E-state index in [1.54, 1.807) is 6.92 Å². The summed E-state index contributed by atoms with van der Waals surface area (Å²) in [5.74, 6) is 0.533. The lowest BCUT2D eigenvalue weighted by Crippen LogP contribution is -2.04. The summed E-state index contributed by atoms with van der Waals surface area (Å²) in [6.45, 7) is 1.55.